The van der Waals surface area contributed by atoms with E-state index in [1.807, 2.05) is 61.5 Å². The van der Waals surface area contributed by atoms with Gasteiger partial charge in [0.25, 0.3) is 0 Å². The van der Waals surface area contributed by atoms with Crippen molar-refractivity contribution in [3.8, 4) is 0 Å². The maximum absolute atomic E-state index is 13.9. The van der Waals surface area contributed by atoms with Crippen LogP contribution in [-0.4, -0.2) is 72.0 Å². The van der Waals surface area contributed by atoms with Gasteiger partial charge >= 0.3 is 0 Å². The molecule has 0 saturated carbocycles. The van der Waals surface area contributed by atoms with Crippen molar-refractivity contribution in [1.82, 2.24) is 15.1 Å². The largest absolute Gasteiger partial charge is 0.352 e. The van der Waals surface area contributed by atoms with Crippen molar-refractivity contribution in [3.05, 3.63) is 82.9 Å². The number of hydrogen-bond donors (Lipinski definition) is 2. The van der Waals surface area contributed by atoms with Crippen molar-refractivity contribution >= 4 is 40.1 Å². The second kappa shape index (κ2) is 13.7. The Morgan fingerprint density at radius 1 is 1.02 bits per heavy atom. The highest BCUT2D eigenvalue weighted by molar-refractivity contribution is 6.30. The molecule has 1 fully saturated rings. The molecule has 4 rings (SSSR count). The van der Waals surface area contributed by atoms with Gasteiger partial charge in [-0.25, -0.2) is 4.39 Å². The van der Waals surface area contributed by atoms with Crippen molar-refractivity contribution in [2.45, 2.75) is 50.7 Å². The topological polar surface area (TPSA) is 95.7 Å². The molecule has 2 unspecified atom stereocenters. The highest BCUT2D eigenvalue weighted by atomic mass is 35.5. The maximum atomic E-state index is 13.9. The van der Waals surface area contributed by atoms with Crippen molar-refractivity contribution in [1.29, 1.82) is 0 Å². The van der Waals surface area contributed by atoms with E-state index in [4.69, 9.17) is 17.3 Å². The van der Waals surface area contributed by atoms with Crippen LogP contribution in [0.25, 0.3) is 10.8 Å². The van der Waals surface area contributed by atoms with Crippen LogP contribution >= 0.6 is 11.6 Å². The van der Waals surface area contributed by atoms with Crippen LogP contribution in [0.1, 0.15) is 30.9 Å². The number of nitrogens with zero attached hydrogens (tertiary/aromatic N) is 2. The molecule has 0 radical (unpaired) electrons. The number of benzene rings is 3. The van der Waals surface area contributed by atoms with E-state index in [2.05, 4.69) is 5.32 Å². The molecule has 0 aromatic heterocycles. The van der Waals surface area contributed by atoms with E-state index in [9.17, 15) is 18.8 Å². The minimum absolute atomic E-state index is 0.127. The van der Waals surface area contributed by atoms with E-state index >= 15 is 0 Å². The molecule has 1 aliphatic rings. The lowest BCUT2D eigenvalue weighted by Gasteiger charge is -2.44. The lowest BCUT2D eigenvalue weighted by atomic mass is 9.96. The van der Waals surface area contributed by atoms with Gasteiger partial charge in [0, 0.05) is 31.1 Å². The third kappa shape index (κ3) is 6.98. The summed E-state index contributed by atoms with van der Waals surface area (Å²) in [6, 6.07) is 18.6. The van der Waals surface area contributed by atoms with E-state index in [1.54, 1.807) is 21.9 Å². The summed E-state index contributed by atoms with van der Waals surface area (Å²) in [5.74, 6) is -0.996. The first-order chi connectivity index (χ1) is 19.3. The molecule has 0 aliphatic carbocycles. The van der Waals surface area contributed by atoms with Gasteiger partial charge in [-0.2, -0.15) is 0 Å². The Morgan fingerprint density at radius 2 is 1.73 bits per heavy atom. The van der Waals surface area contributed by atoms with Crippen molar-refractivity contribution in [2.75, 3.05) is 26.3 Å². The fraction of sp³-hybridized carbons (Fsp3) is 0.387. The summed E-state index contributed by atoms with van der Waals surface area (Å²) in [6.45, 7) is 1.56. The first kappa shape index (κ1) is 29.5. The van der Waals surface area contributed by atoms with Gasteiger partial charge in [-0.3, -0.25) is 14.4 Å². The van der Waals surface area contributed by atoms with Crippen molar-refractivity contribution in [2.24, 2.45) is 5.73 Å². The lowest BCUT2D eigenvalue weighted by molar-refractivity contribution is -0.156. The molecular weight excluding hydrogens is 531 g/mol. The Hall–Kier alpha value is -3.49. The van der Waals surface area contributed by atoms with E-state index in [1.165, 1.54) is 0 Å². The van der Waals surface area contributed by atoms with Crippen LogP contribution in [0.5, 0.6) is 0 Å². The molecule has 40 heavy (non-hydrogen) atoms. The SMILES string of the molecule is CCC[C@H]1C(=O)N(C(Cc2ccc3ccccc3c2)C(=O)NCCF)CCN1C(=O)C(N)Cc1ccc(Cl)cc1. The van der Waals surface area contributed by atoms with E-state index in [0.29, 0.717) is 24.3 Å². The summed E-state index contributed by atoms with van der Waals surface area (Å²) in [4.78, 5) is 43.7. The molecule has 3 aromatic carbocycles. The van der Waals surface area contributed by atoms with Crippen LogP contribution in [0.3, 0.4) is 0 Å². The number of nitrogens with two attached hydrogens (primary N) is 1. The van der Waals surface area contributed by atoms with Crippen LogP contribution in [-0.2, 0) is 27.2 Å². The standard InChI is InChI=1S/C31H36ClFN4O3/c1-2-5-27-31(40)37(17-16-36(27)30(39)26(34)19-21-9-12-25(32)13-10-21)28(29(38)35-15-14-33)20-22-8-11-23-6-3-4-7-24(23)18-22/h3-4,6-13,18,26-28H,2,5,14-17,19-20,34H2,1H3,(H,35,38)/t26?,27-,28?/m0/s1. The minimum Gasteiger partial charge on any atom is -0.352 e. The van der Waals surface area contributed by atoms with Gasteiger partial charge in [0.2, 0.25) is 17.7 Å². The number of carbonyl (C=O) groups excluding carboxylic acids is 3. The molecule has 3 amide bonds. The summed E-state index contributed by atoms with van der Waals surface area (Å²) in [5.41, 5.74) is 8.09. The minimum atomic E-state index is -0.834. The molecule has 0 bridgehead atoms. The zero-order chi connectivity index (χ0) is 28.6. The Balaban J connectivity index is 1.55. The zero-order valence-electron chi connectivity index (χ0n) is 22.7. The van der Waals surface area contributed by atoms with Gasteiger partial charge in [-0.05, 0) is 46.9 Å². The highest BCUT2D eigenvalue weighted by Crippen LogP contribution is 2.23. The predicted molar refractivity (Wildman–Crippen MR) is 156 cm³/mol. The molecule has 3 atom stereocenters. The van der Waals surface area contributed by atoms with Crippen LogP contribution in [0, 0.1) is 0 Å². The number of halogens is 2. The number of amides is 3. The molecule has 1 heterocycles. The Labute approximate surface area is 239 Å². The number of carbonyl (C=O) groups is 3. The summed E-state index contributed by atoms with van der Waals surface area (Å²) in [7, 11) is 0. The Morgan fingerprint density at radius 3 is 2.42 bits per heavy atom. The summed E-state index contributed by atoms with van der Waals surface area (Å²) in [6.07, 6.45) is 1.71. The van der Waals surface area contributed by atoms with Crippen LogP contribution in [0.4, 0.5) is 4.39 Å². The summed E-state index contributed by atoms with van der Waals surface area (Å²) in [5, 5.41) is 5.33. The predicted octanol–water partition coefficient (Wildman–Crippen LogP) is 3.90. The highest BCUT2D eigenvalue weighted by Gasteiger charge is 2.42. The average Bonchev–Trinajstić information content (AvgIpc) is 2.96. The third-order valence-corrected chi connectivity index (χ3v) is 7.62. The summed E-state index contributed by atoms with van der Waals surface area (Å²) < 4.78 is 12.9. The van der Waals surface area contributed by atoms with Gasteiger partial charge < -0.3 is 20.9 Å². The molecule has 0 spiro atoms. The van der Waals surface area contributed by atoms with Gasteiger partial charge in [0.05, 0.1) is 6.04 Å². The van der Waals surface area contributed by atoms with Crippen molar-refractivity contribution in [3.63, 3.8) is 0 Å². The second-order valence-corrected chi connectivity index (χ2v) is 10.6. The fourth-order valence-electron chi connectivity index (χ4n) is 5.33. The first-order valence-corrected chi connectivity index (χ1v) is 14.1. The average molecular weight is 567 g/mol. The number of piperazine rings is 1. The van der Waals surface area contributed by atoms with Gasteiger partial charge in [0.15, 0.2) is 0 Å². The molecule has 3 aromatic rings. The molecule has 1 saturated heterocycles. The smallest absolute Gasteiger partial charge is 0.246 e. The Bertz CT molecular complexity index is 1340. The number of alkyl halides is 1. The maximum Gasteiger partial charge on any atom is 0.246 e. The van der Waals surface area contributed by atoms with Gasteiger partial charge in [0.1, 0.15) is 18.8 Å². The third-order valence-electron chi connectivity index (χ3n) is 7.37. The fourth-order valence-corrected chi connectivity index (χ4v) is 5.45. The van der Waals surface area contributed by atoms with E-state index in [-0.39, 0.29) is 37.9 Å². The molecule has 3 N–H and O–H groups in total. The number of rotatable bonds is 11. The molecular formula is C31H36ClFN4O3. The summed E-state index contributed by atoms with van der Waals surface area (Å²) >= 11 is 5.97. The molecule has 212 valence electrons. The van der Waals surface area contributed by atoms with Gasteiger partial charge in [-0.1, -0.05) is 79.5 Å². The molecule has 1 aliphatic heterocycles. The quantitative estimate of drug-likeness (QED) is 0.368. The van der Waals surface area contributed by atoms with Gasteiger partial charge in [-0.15, -0.1) is 0 Å². The van der Waals surface area contributed by atoms with Crippen molar-refractivity contribution < 1.29 is 18.8 Å². The molecule has 7 nitrogen and oxygen atoms in total. The number of fused-ring (bicyclic) bond motifs is 1. The van der Waals surface area contributed by atoms with Crippen LogP contribution in [0.2, 0.25) is 5.02 Å². The van der Waals surface area contributed by atoms with Crippen LogP contribution in [0.15, 0.2) is 66.7 Å². The lowest BCUT2D eigenvalue weighted by Crippen LogP contribution is -2.65. The second-order valence-electron chi connectivity index (χ2n) is 10.2. The molecule has 9 heteroatoms. The monoisotopic (exact) mass is 566 g/mol. The normalized spacial score (nSPS) is 17.1. The number of hydrogen-bond acceptors (Lipinski definition) is 4. The van der Waals surface area contributed by atoms with E-state index in [0.717, 1.165) is 21.9 Å². The zero-order valence-corrected chi connectivity index (χ0v) is 23.4. The first-order valence-electron chi connectivity index (χ1n) is 13.7. The Kier molecular flexibility index (Phi) is 10.1. The van der Waals surface area contributed by atoms with Crippen LogP contribution < -0.4 is 11.1 Å². The number of nitrogens with one attached hydrogen (secondary N) is 1. The van der Waals surface area contributed by atoms with E-state index < -0.39 is 30.7 Å².